The lowest BCUT2D eigenvalue weighted by Crippen LogP contribution is -2.42. The molecule has 0 radical (unpaired) electrons. The summed E-state index contributed by atoms with van der Waals surface area (Å²) in [5.41, 5.74) is 14.7. The number of aromatic nitrogens is 1. The van der Waals surface area contributed by atoms with Gasteiger partial charge in [-0.3, -0.25) is 9.36 Å². The van der Waals surface area contributed by atoms with Gasteiger partial charge in [-0.2, -0.15) is 0 Å². The van der Waals surface area contributed by atoms with Crippen LogP contribution in [0.4, 0.5) is 17.1 Å². The molecule has 3 nitrogen and oxygen atoms in total. The van der Waals surface area contributed by atoms with Gasteiger partial charge in [-0.15, -0.1) is 0 Å². The highest BCUT2D eigenvalue weighted by Gasteiger charge is 2.51. The monoisotopic (exact) mass is 690 g/mol. The third-order valence-corrected chi connectivity index (χ3v) is 11.6. The average molecular weight is 691 g/mol. The first-order valence-electron chi connectivity index (χ1n) is 18.6. The molecule has 1 aromatic heterocycles. The molecule has 8 aromatic carbocycles. The van der Waals surface area contributed by atoms with Crippen molar-refractivity contribution in [2.24, 2.45) is 0 Å². The predicted molar refractivity (Wildman–Crippen MR) is 223 cm³/mol. The topological polar surface area (TPSA) is 25.2 Å². The van der Waals surface area contributed by atoms with Crippen molar-refractivity contribution in [3.63, 3.8) is 0 Å². The highest BCUT2D eigenvalue weighted by Crippen LogP contribution is 2.61. The summed E-state index contributed by atoms with van der Waals surface area (Å²) in [4.78, 5) is 17.4. The van der Waals surface area contributed by atoms with Crippen LogP contribution in [0.15, 0.2) is 193 Å². The number of para-hydroxylation sites is 2. The second kappa shape index (κ2) is 11.5. The van der Waals surface area contributed by atoms with E-state index in [4.69, 9.17) is 0 Å². The number of nitrogens with zero attached hydrogens (tertiary/aromatic N) is 2. The van der Waals surface area contributed by atoms with Crippen LogP contribution in [0, 0.1) is 6.92 Å². The van der Waals surface area contributed by atoms with E-state index in [1.54, 1.807) is 0 Å². The van der Waals surface area contributed by atoms with Crippen molar-refractivity contribution >= 4 is 38.7 Å². The lowest BCUT2D eigenvalue weighted by molar-refractivity contribution is 0.709. The Morgan fingerprint density at radius 1 is 0.407 bits per heavy atom. The fraction of sp³-hybridized carbons (Fsp3) is 0.0392. The first-order chi connectivity index (χ1) is 26.6. The van der Waals surface area contributed by atoms with E-state index in [2.05, 4.69) is 182 Å². The molecular weight excluding hydrogens is 657 g/mol. The fourth-order valence-corrected chi connectivity index (χ4v) is 9.31. The lowest BCUT2D eigenvalue weighted by atomic mass is 9.60. The molecule has 0 bridgehead atoms. The normalized spacial score (nSPS) is 13.5. The fourth-order valence-electron chi connectivity index (χ4n) is 9.31. The Hall–Kier alpha value is -6.97. The molecule has 0 N–H and O–H groups in total. The molecule has 1 spiro atoms. The van der Waals surface area contributed by atoms with Gasteiger partial charge < -0.3 is 4.90 Å². The third-order valence-electron chi connectivity index (χ3n) is 11.6. The first-order valence-corrected chi connectivity index (χ1v) is 18.6. The number of aryl methyl sites for hydroxylation is 1. The van der Waals surface area contributed by atoms with Gasteiger partial charge in [0.25, 0.3) is 5.56 Å². The Bertz CT molecular complexity index is 2970. The van der Waals surface area contributed by atoms with Gasteiger partial charge in [0, 0.05) is 16.5 Å². The van der Waals surface area contributed by atoms with Gasteiger partial charge in [-0.05, 0) is 111 Å². The van der Waals surface area contributed by atoms with Crippen molar-refractivity contribution in [2.75, 3.05) is 4.90 Å². The van der Waals surface area contributed by atoms with Crippen molar-refractivity contribution in [1.29, 1.82) is 0 Å². The van der Waals surface area contributed by atoms with Crippen LogP contribution in [-0.4, -0.2) is 4.57 Å². The number of fused-ring (bicyclic) bond motifs is 10. The highest BCUT2D eigenvalue weighted by atomic mass is 16.1. The van der Waals surface area contributed by atoms with Crippen LogP contribution in [0.5, 0.6) is 0 Å². The summed E-state index contributed by atoms with van der Waals surface area (Å²) >= 11 is 0. The zero-order valence-corrected chi connectivity index (χ0v) is 29.7. The maximum Gasteiger partial charge on any atom is 0.263 e. The van der Waals surface area contributed by atoms with E-state index in [0.717, 1.165) is 72.4 Å². The molecule has 3 heteroatoms. The molecule has 0 saturated heterocycles. The van der Waals surface area contributed by atoms with E-state index in [1.807, 2.05) is 22.8 Å². The summed E-state index contributed by atoms with van der Waals surface area (Å²) in [6.07, 6.45) is 0. The molecule has 254 valence electrons. The molecule has 0 saturated carbocycles. The number of benzene rings is 8. The van der Waals surface area contributed by atoms with E-state index >= 15 is 4.79 Å². The molecule has 11 rings (SSSR count). The summed E-state index contributed by atoms with van der Waals surface area (Å²) in [5, 5.41) is 2.74. The number of rotatable bonds is 3. The minimum atomic E-state index is -0.785. The molecule has 54 heavy (non-hydrogen) atoms. The Kier molecular flexibility index (Phi) is 6.53. The van der Waals surface area contributed by atoms with Gasteiger partial charge in [-0.1, -0.05) is 139 Å². The standard InChI is InChI=1S/C51H34N2O/c1-33-24-27-38(28-25-33)52-46-22-12-10-20-42(46)51(43-21-11-13-23-47(43)52)44-31-36(34-14-4-2-5-15-34)26-29-48(44)53-49-41(39-18-8-9-19-40(39)50(53)54)30-37(32-45(49)51)35-16-6-3-7-17-35/h2-32H,1H3. The number of anilines is 3. The van der Waals surface area contributed by atoms with Crippen LogP contribution in [0.25, 0.3) is 49.6 Å². The van der Waals surface area contributed by atoms with Gasteiger partial charge in [0.05, 0.1) is 28.0 Å². The lowest BCUT2D eigenvalue weighted by Gasteiger charge is -2.49. The summed E-state index contributed by atoms with van der Waals surface area (Å²) in [6.45, 7) is 2.13. The molecule has 3 heterocycles. The van der Waals surface area contributed by atoms with Crippen LogP contribution in [0.2, 0.25) is 0 Å². The zero-order chi connectivity index (χ0) is 36.0. The predicted octanol–water partition coefficient (Wildman–Crippen LogP) is 12.3. The van der Waals surface area contributed by atoms with Gasteiger partial charge in [0.2, 0.25) is 0 Å². The second-order valence-electron chi connectivity index (χ2n) is 14.5. The molecule has 0 fully saturated rings. The van der Waals surface area contributed by atoms with Crippen LogP contribution < -0.4 is 10.5 Å². The summed E-state index contributed by atoms with van der Waals surface area (Å²) in [5.74, 6) is 0. The van der Waals surface area contributed by atoms with Gasteiger partial charge in [-0.25, -0.2) is 0 Å². The Balaban J connectivity index is 1.38. The average Bonchev–Trinajstić information content (AvgIpc) is 3.24. The molecule has 0 atom stereocenters. The highest BCUT2D eigenvalue weighted by molar-refractivity contribution is 6.11. The van der Waals surface area contributed by atoms with Gasteiger partial charge >= 0.3 is 0 Å². The van der Waals surface area contributed by atoms with E-state index < -0.39 is 5.41 Å². The summed E-state index contributed by atoms with van der Waals surface area (Å²) in [6, 6.07) is 67.3. The molecule has 0 amide bonds. The first kappa shape index (κ1) is 30.6. The molecule has 0 unspecified atom stereocenters. The van der Waals surface area contributed by atoms with Crippen LogP contribution in [0.1, 0.15) is 27.8 Å². The van der Waals surface area contributed by atoms with Crippen molar-refractivity contribution in [2.45, 2.75) is 12.3 Å². The summed E-state index contributed by atoms with van der Waals surface area (Å²) < 4.78 is 2.01. The van der Waals surface area contributed by atoms with Crippen molar-refractivity contribution < 1.29 is 0 Å². The van der Waals surface area contributed by atoms with Crippen molar-refractivity contribution in [1.82, 2.24) is 4.57 Å². The molecule has 9 aromatic rings. The zero-order valence-electron chi connectivity index (χ0n) is 29.7. The van der Waals surface area contributed by atoms with Crippen LogP contribution in [-0.2, 0) is 5.41 Å². The molecule has 2 aliphatic rings. The smallest absolute Gasteiger partial charge is 0.263 e. The van der Waals surface area contributed by atoms with E-state index in [9.17, 15) is 0 Å². The number of pyridine rings is 1. The second-order valence-corrected chi connectivity index (χ2v) is 14.5. The van der Waals surface area contributed by atoms with E-state index in [0.29, 0.717) is 5.39 Å². The van der Waals surface area contributed by atoms with Crippen molar-refractivity contribution in [3.8, 4) is 27.9 Å². The van der Waals surface area contributed by atoms with Crippen LogP contribution in [0.3, 0.4) is 0 Å². The maximum atomic E-state index is 15.0. The number of hydrogen-bond donors (Lipinski definition) is 0. The minimum absolute atomic E-state index is 0.00552. The third kappa shape index (κ3) is 4.15. The Morgan fingerprint density at radius 2 is 0.963 bits per heavy atom. The molecule has 2 aliphatic heterocycles. The Labute approximate surface area is 313 Å². The van der Waals surface area contributed by atoms with Gasteiger partial charge in [0.15, 0.2) is 0 Å². The molecule has 0 aliphatic carbocycles. The van der Waals surface area contributed by atoms with E-state index in [-0.39, 0.29) is 5.56 Å². The quantitative estimate of drug-likeness (QED) is 0.172. The van der Waals surface area contributed by atoms with Crippen molar-refractivity contribution in [3.05, 3.63) is 226 Å². The van der Waals surface area contributed by atoms with Gasteiger partial charge in [0.1, 0.15) is 0 Å². The van der Waals surface area contributed by atoms with E-state index in [1.165, 1.54) is 16.7 Å². The SMILES string of the molecule is Cc1ccc(N2c3ccccc3C3(c4ccccc42)c2cc(-c4ccccc4)ccc2-n2c(=O)c4ccccc4c4cc(-c5ccccc5)cc3c42)cc1. The number of hydrogen-bond acceptors (Lipinski definition) is 2. The largest absolute Gasteiger partial charge is 0.310 e. The Morgan fingerprint density at radius 3 is 1.63 bits per heavy atom. The van der Waals surface area contributed by atoms with Crippen LogP contribution >= 0.6 is 0 Å². The molecular formula is C51H34N2O. The maximum absolute atomic E-state index is 15.0. The summed E-state index contributed by atoms with van der Waals surface area (Å²) in [7, 11) is 0. The minimum Gasteiger partial charge on any atom is -0.310 e.